The van der Waals surface area contributed by atoms with Gasteiger partial charge in [0.15, 0.2) is 0 Å². The minimum Gasteiger partial charge on any atom is -0.429 e. The van der Waals surface area contributed by atoms with Crippen molar-refractivity contribution in [1.82, 2.24) is 16.0 Å². The lowest BCUT2D eigenvalue weighted by Gasteiger charge is -2.37. The molecule has 5 aromatic carbocycles. The van der Waals surface area contributed by atoms with Gasteiger partial charge in [0.2, 0.25) is 17.7 Å². The first-order valence-corrected chi connectivity index (χ1v) is 30.6. The molecule has 2 atom stereocenters. The second-order valence-corrected chi connectivity index (χ2v) is 20.9. The summed E-state index contributed by atoms with van der Waals surface area (Å²) >= 11 is 0. The highest BCUT2D eigenvalue weighted by Gasteiger charge is 2.36. The van der Waals surface area contributed by atoms with Gasteiger partial charge in [-0.25, -0.2) is 4.79 Å². The summed E-state index contributed by atoms with van der Waals surface area (Å²) in [5, 5.41) is 27.0. The molecule has 0 heterocycles. The number of nitrogens with one attached hydrogen (secondary N) is 4. The van der Waals surface area contributed by atoms with Gasteiger partial charge in [-0.2, -0.15) is 0 Å². The van der Waals surface area contributed by atoms with E-state index in [1.165, 1.54) is 24.3 Å². The van der Waals surface area contributed by atoms with Gasteiger partial charge in [-0.3, -0.25) is 29.8 Å². The Balaban J connectivity index is 1.01. The maximum atomic E-state index is 14.2. The van der Waals surface area contributed by atoms with E-state index in [1.807, 2.05) is 50.2 Å². The fraction of sp³-hybridized carbons (Fsp3) is 0.485. The minimum absolute atomic E-state index is 0.0110. The Morgan fingerprint density at radius 1 is 0.571 bits per heavy atom. The second-order valence-electron chi connectivity index (χ2n) is 20.9. The zero-order valence-electron chi connectivity index (χ0n) is 52.3. The van der Waals surface area contributed by atoms with E-state index < -0.39 is 46.4 Å². The number of anilines is 1. The summed E-state index contributed by atoms with van der Waals surface area (Å²) in [6, 6.07) is 38.6. The first-order chi connectivity index (χ1) is 44.4. The van der Waals surface area contributed by atoms with Crippen molar-refractivity contribution >= 4 is 35.3 Å². The highest BCUT2D eigenvalue weighted by atomic mass is 16.7. The maximum absolute atomic E-state index is 14.2. The van der Waals surface area contributed by atoms with Crippen molar-refractivity contribution in [2.75, 3.05) is 137 Å². The van der Waals surface area contributed by atoms with Crippen molar-refractivity contribution in [3.8, 4) is 5.75 Å². The van der Waals surface area contributed by atoms with Gasteiger partial charge in [-0.1, -0.05) is 122 Å². The average Bonchev–Trinajstić information content (AvgIpc) is 1.07. The van der Waals surface area contributed by atoms with E-state index in [4.69, 9.17) is 57.6 Å². The molecule has 494 valence electrons. The third-order valence-corrected chi connectivity index (χ3v) is 13.8. The van der Waals surface area contributed by atoms with Crippen molar-refractivity contribution in [2.24, 2.45) is 11.0 Å². The normalized spacial score (nSPS) is 12.0. The number of ether oxygens (including phenoxy) is 11. The summed E-state index contributed by atoms with van der Waals surface area (Å²) in [7, 11) is 0. The Morgan fingerprint density at radius 2 is 1.04 bits per heavy atom. The average molecular weight is 1270 g/mol. The lowest BCUT2D eigenvalue weighted by atomic mass is 9.76. The molecule has 0 spiro atoms. The molecule has 4 N–H and O–H groups in total. The standard InChI is InChI=1S/C66H88N8O17/c1-51(2)62(72-61(75)29-32-81-34-36-83-38-40-85-42-44-87-46-48-89-49-47-88-45-43-86-41-39-84-37-35-82-33-31-69-73-67)64(77)71-60(63(76)70-57-23-19-53(20-24-57)50-90-65(78)91-59-27-25-58(26-28-59)74(79)80)16-10-11-30-68-66(54-12-6-4-7-13-54,55-14-8-5-9-15-55)56-21-17-52(3)18-22-56/h4-9,12-15,17-28,51,60,62,68H,10-11,16,29-50H2,1-3H3,(H,70,76)(H,71,77)(H,72,75)/t60-,62-/m0/s1. The molecule has 25 nitrogen and oxygen atoms in total. The lowest BCUT2D eigenvalue weighted by molar-refractivity contribution is -0.384. The Morgan fingerprint density at radius 3 is 1.52 bits per heavy atom. The summed E-state index contributed by atoms with van der Waals surface area (Å²) in [6.45, 7) is 13.3. The fourth-order valence-electron chi connectivity index (χ4n) is 9.04. The minimum atomic E-state index is -1.01. The summed E-state index contributed by atoms with van der Waals surface area (Å²) < 4.78 is 59.8. The van der Waals surface area contributed by atoms with Crippen LogP contribution in [0.1, 0.15) is 67.3 Å². The Kier molecular flexibility index (Phi) is 36.1. The highest BCUT2D eigenvalue weighted by molar-refractivity contribution is 5.98. The predicted molar refractivity (Wildman–Crippen MR) is 339 cm³/mol. The van der Waals surface area contributed by atoms with Crippen LogP contribution in [0.25, 0.3) is 10.4 Å². The van der Waals surface area contributed by atoms with Gasteiger partial charge in [0.25, 0.3) is 5.69 Å². The largest absolute Gasteiger partial charge is 0.514 e. The number of aryl methyl sites for hydroxylation is 1. The number of benzene rings is 5. The quantitative estimate of drug-likeness (QED) is 0.00325. The molecule has 5 aromatic rings. The van der Waals surface area contributed by atoms with Crippen molar-refractivity contribution in [3.63, 3.8) is 0 Å². The van der Waals surface area contributed by atoms with Gasteiger partial charge in [0, 0.05) is 35.7 Å². The molecule has 0 aromatic heterocycles. The predicted octanol–water partition coefficient (Wildman–Crippen LogP) is 8.78. The summed E-state index contributed by atoms with van der Waals surface area (Å²) in [4.78, 5) is 67.1. The number of non-ortho nitro benzene ring substituents is 1. The van der Waals surface area contributed by atoms with Gasteiger partial charge in [0.05, 0.1) is 129 Å². The number of unbranched alkanes of at least 4 members (excludes halogenated alkanes) is 1. The number of azide groups is 1. The molecular weight excluding hydrogens is 1180 g/mol. The lowest BCUT2D eigenvalue weighted by Crippen LogP contribution is -2.54. The molecule has 25 heteroatoms. The number of amides is 3. The number of hydrogen-bond donors (Lipinski definition) is 4. The van der Waals surface area contributed by atoms with E-state index in [9.17, 15) is 29.3 Å². The van der Waals surface area contributed by atoms with Crippen LogP contribution in [0.2, 0.25) is 0 Å². The smallest absolute Gasteiger partial charge is 0.429 e. The summed E-state index contributed by atoms with van der Waals surface area (Å²) in [5.74, 6) is -1.65. The SMILES string of the molecule is Cc1ccc(C(NCCCC[C@H](NC(=O)[C@@H](NC(=O)CCOCCOCCOCCOCCOCCOCCOCCOCCOCCN=[N+]=[N-])C(C)C)C(=O)Nc2ccc(COC(=O)Oc3ccc([N+](=O)[O-])cc3)cc2)(c2ccccc2)c2ccccc2)cc1. The van der Waals surface area contributed by atoms with Gasteiger partial charge < -0.3 is 68.1 Å². The zero-order chi connectivity index (χ0) is 65.0. The molecule has 0 fully saturated rings. The van der Waals surface area contributed by atoms with Crippen molar-refractivity contribution in [3.05, 3.63) is 182 Å². The van der Waals surface area contributed by atoms with Gasteiger partial charge in [0.1, 0.15) is 24.4 Å². The third-order valence-electron chi connectivity index (χ3n) is 13.8. The van der Waals surface area contributed by atoms with Crippen molar-refractivity contribution in [1.29, 1.82) is 0 Å². The Bertz CT molecular complexity index is 2850. The number of nitrogens with zero attached hydrogens (tertiary/aromatic N) is 4. The molecule has 0 saturated carbocycles. The number of carbonyl (C=O) groups is 4. The molecule has 0 radical (unpaired) electrons. The Labute approximate surface area is 532 Å². The number of carbonyl (C=O) groups excluding carboxylic acids is 4. The van der Waals surface area contributed by atoms with Crippen LogP contribution in [-0.4, -0.2) is 173 Å². The van der Waals surface area contributed by atoms with E-state index in [0.29, 0.717) is 136 Å². The van der Waals surface area contributed by atoms with Crippen molar-refractivity contribution in [2.45, 2.75) is 70.7 Å². The molecule has 0 aliphatic heterocycles. The van der Waals surface area contributed by atoms with E-state index in [1.54, 1.807) is 24.3 Å². The van der Waals surface area contributed by atoms with Crippen LogP contribution in [0, 0.1) is 23.0 Å². The molecule has 0 unspecified atom stereocenters. The van der Waals surface area contributed by atoms with E-state index in [0.717, 1.165) is 22.3 Å². The molecule has 0 bridgehead atoms. The monoisotopic (exact) mass is 1260 g/mol. The molecule has 91 heavy (non-hydrogen) atoms. The molecule has 3 amide bonds. The fourth-order valence-corrected chi connectivity index (χ4v) is 9.04. The van der Waals surface area contributed by atoms with E-state index in [-0.39, 0.29) is 56.6 Å². The van der Waals surface area contributed by atoms with Gasteiger partial charge in [-0.15, -0.1) is 0 Å². The molecule has 0 aliphatic rings. The molecular formula is C66H88N8O17. The van der Waals surface area contributed by atoms with Gasteiger partial charge >= 0.3 is 6.16 Å². The second kappa shape index (κ2) is 44.5. The zero-order valence-corrected chi connectivity index (χ0v) is 52.3. The van der Waals surface area contributed by atoms with E-state index >= 15 is 0 Å². The summed E-state index contributed by atoms with van der Waals surface area (Å²) in [5.41, 5.74) is 12.7. The Hall–Kier alpha value is -7.91. The van der Waals surface area contributed by atoms with Crippen molar-refractivity contribution < 1.29 is 76.2 Å². The van der Waals surface area contributed by atoms with Crippen LogP contribution < -0.4 is 26.0 Å². The number of nitro benzene ring substituents is 1. The molecule has 0 aliphatic carbocycles. The first-order valence-electron chi connectivity index (χ1n) is 30.6. The topological polar surface area (TPSA) is 310 Å². The van der Waals surface area contributed by atoms with Crippen LogP contribution in [0.3, 0.4) is 0 Å². The van der Waals surface area contributed by atoms with Crippen LogP contribution in [-0.2, 0) is 73.9 Å². The molecule has 5 rings (SSSR count). The number of hydrogen-bond acceptors (Lipinski definition) is 19. The van der Waals surface area contributed by atoms with Crippen LogP contribution in [0.4, 0.5) is 16.2 Å². The van der Waals surface area contributed by atoms with Crippen LogP contribution in [0.5, 0.6) is 5.75 Å². The highest BCUT2D eigenvalue weighted by Crippen LogP contribution is 2.37. The van der Waals surface area contributed by atoms with Gasteiger partial charge in [-0.05, 0) is 90.7 Å². The third kappa shape index (κ3) is 29.3. The number of rotatable bonds is 49. The van der Waals surface area contributed by atoms with Crippen LogP contribution >= 0.6 is 0 Å². The number of nitro groups is 1. The van der Waals surface area contributed by atoms with E-state index in [2.05, 4.69) is 86.7 Å². The summed E-state index contributed by atoms with van der Waals surface area (Å²) in [6.07, 6.45) is 0.403. The molecule has 0 saturated heterocycles. The maximum Gasteiger partial charge on any atom is 0.514 e. The van der Waals surface area contributed by atoms with Crippen LogP contribution in [0.15, 0.2) is 139 Å². The first kappa shape index (κ1) is 73.8.